The highest BCUT2D eigenvalue weighted by Gasteiger charge is 2.02. The molecule has 0 atom stereocenters. The molecule has 3 nitrogen and oxygen atoms in total. The van der Waals surface area contributed by atoms with Crippen molar-refractivity contribution in [3.05, 3.63) is 64.7 Å². The summed E-state index contributed by atoms with van der Waals surface area (Å²) < 4.78 is 0. The van der Waals surface area contributed by atoms with Crippen LogP contribution in [0.3, 0.4) is 0 Å². The molecular weight excluding hydrogens is 412 g/mol. The average molecular weight is 437 g/mol. The third-order valence-electron chi connectivity index (χ3n) is 2.46. The van der Waals surface area contributed by atoms with Gasteiger partial charge in [0, 0.05) is 32.9 Å². The molecule has 0 fully saturated rings. The number of benzene rings is 2. The quantitative estimate of drug-likeness (QED) is 0.388. The first-order chi connectivity index (χ1) is 11.3. The Morgan fingerprint density at radius 1 is 1.00 bits per heavy atom. The highest BCUT2D eigenvalue weighted by Crippen LogP contribution is 2.24. The van der Waals surface area contributed by atoms with Gasteiger partial charge in [-0.3, -0.25) is 0 Å². The first-order valence-electron chi connectivity index (χ1n) is 6.58. The Morgan fingerprint density at radius 3 is 1.88 bits per heavy atom. The largest absolute Gasteiger partial charge is 0.399 e. The molecule has 7 heteroatoms. The second-order valence-corrected chi connectivity index (χ2v) is 5.72. The van der Waals surface area contributed by atoms with Crippen LogP contribution in [-0.2, 0) is 0 Å². The van der Waals surface area contributed by atoms with Crippen LogP contribution in [0.5, 0.6) is 0 Å². The minimum absolute atomic E-state index is 0. The zero-order chi connectivity index (χ0) is 18.5. The molecule has 0 saturated heterocycles. The zero-order valence-electron chi connectivity index (χ0n) is 12.8. The maximum absolute atomic E-state index is 7.49. The SMILES string of the molecule is C.C.C=C(CCl)c1ccc(Cl)cc1N.N#CCCl.Nc1cccc(Cl)c1. The summed E-state index contributed by atoms with van der Waals surface area (Å²) in [6, 6.07) is 14.1. The molecule has 2 aromatic carbocycles. The van der Waals surface area contributed by atoms with Crippen LogP contribution in [0.25, 0.3) is 5.57 Å². The molecule has 0 aliphatic heterocycles. The summed E-state index contributed by atoms with van der Waals surface area (Å²) in [5.74, 6) is 0.478. The van der Waals surface area contributed by atoms with E-state index in [2.05, 4.69) is 6.58 Å². The lowest BCUT2D eigenvalue weighted by Gasteiger charge is -2.05. The standard InChI is InChI=1S/C9H9Cl2N.C6H6ClN.C2H2ClN.2CH4/c1-6(5-10)8-3-2-7(11)4-9(8)12;7-5-2-1-3-6(8)4-5;3-1-2-4;;/h2-4H,1,5,12H2;1-4H,8H2;1H2;2*1H4. The van der Waals surface area contributed by atoms with Crippen LogP contribution in [0.15, 0.2) is 49.0 Å². The first-order valence-corrected chi connectivity index (χ1v) is 8.41. The number of allylic oxidation sites excluding steroid dienone is 1. The Labute approximate surface area is 177 Å². The van der Waals surface area contributed by atoms with E-state index in [-0.39, 0.29) is 20.7 Å². The van der Waals surface area contributed by atoms with E-state index in [0.29, 0.717) is 27.3 Å². The summed E-state index contributed by atoms with van der Waals surface area (Å²) >= 11 is 21.7. The molecular formula is C19H25Cl4N3. The van der Waals surface area contributed by atoms with E-state index >= 15 is 0 Å². The van der Waals surface area contributed by atoms with Gasteiger partial charge in [0.05, 0.1) is 6.07 Å². The lowest BCUT2D eigenvalue weighted by atomic mass is 10.1. The molecule has 2 aromatic rings. The predicted octanol–water partition coefficient (Wildman–Crippen LogP) is 7.12. The summed E-state index contributed by atoms with van der Waals surface area (Å²) in [6.45, 7) is 3.78. The minimum Gasteiger partial charge on any atom is -0.399 e. The van der Waals surface area contributed by atoms with Crippen molar-refractivity contribution in [2.24, 2.45) is 0 Å². The Balaban J connectivity index is -0.000000331. The fraction of sp³-hybridized carbons (Fsp3) is 0.211. The molecule has 0 bridgehead atoms. The van der Waals surface area contributed by atoms with Crippen molar-refractivity contribution in [3.63, 3.8) is 0 Å². The molecule has 0 radical (unpaired) electrons. The highest BCUT2D eigenvalue weighted by atomic mass is 35.5. The maximum Gasteiger partial charge on any atom is 0.109 e. The van der Waals surface area contributed by atoms with Crippen LogP contribution in [-0.4, -0.2) is 11.8 Å². The number of rotatable bonds is 2. The third-order valence-corrected chi connectivity index (χ3v) is 3.38. The number of alkyl halides is 2. The second kappa shape index (κ2) is 16.9. The molecule has 4 N–H and O–H groups in total. The van der Waals surface area contributed by atoms with Gasteiger partial charge in [-0.25, -0.2) is 0 Å². The van der Waals surface area contributed by atoms with E-state index in [1.807, 2.05) is 12.1 Å². The maximum atomic E-state index is 7.49. The molecule has 0 aromatic heterocycles. The van der Waals surface area contributed by atoms with E-state index in [4.69, 9.17) is 63.1 Å². The van der Waals surface area contributed by atoms with Gasteiger partial charge in [0.25, 0.3) is 0 Å². The van der Waals surface area contributed by atoms with Crippen molar-refractivity contribution in [3.8, 4) is 6.07 Å². The van der Waals surface area contributed by atoms with Crippen LogP contribution in [0.2, 0.25) is 10.0 Å². The van der Waals surface area contributed by atoms with Crippen molar-refractivity contribution in [1.29, 1.82) is 5.26 Å². The predicted molar refractivity (Wildman–Crippen MR) is 121 cm³/mol. The Bertz CT molecular complexity index is 680. The summed E-state index contributed by atoms with van der Waals surface area (Å²) in [5.41, 5.74) is 14.1. The fourth-order valence-corrected chi connectivity index (χ4v) is 1.96. The zero-order valence-corrected chi connectivity index (χ0v) is 15.8. The Morgan fingerprint density at radius 2 is 1.54 bits per heavy atom. The van der Waals surface area contributed by atoms with Gasteiger partial charge in [0.1, 0.15) is 5.88 Å². The van der Waals surface area contributed by atoms with Gasteiger partial charge in [0.2, 0.25) is 0 Å². The number of hydrogen-bond donors (Lipinski definition) is 2. The van der Waals surface area contributed by atoms with Gasteiger partial charge < -0.3 is 11.5 Å². The molecule has 0 aliphatic rings. The molecule has 2 rings (SSSR count). The smallest absolute Gasteiger partial charge is 0.109 e. The number of anilines is 2. The summed E-state index contributed by atoms with van der Waals surface area (Å²) in [5, 5.41) is 8.80. The number of nitrogens with zero attached hydrogens (tertiary/aromatic N) is 1. The third kappa shape index (κ3) is 12.7. The molecule has 0 aliphatic carbocycles. The van der Waals surface area contributed by atoms with Crippen molar-refractivity contribution in [2.75, 3.05) is 23.2 Å². The average Bonchev–Trinajstić information content (AvgIpc) is 2.55. The van der Waals surface area contributed by atoms with Crippen LogP contribution in [0.1, 0.15) is 20.4 Å². The lowest BCUT2D eigenvalue weighted by Crippen LogP contribution is -1.93. The molecule has 0 heterocycles. The number of halogens is 4. The second-order valence-electron chi connectivity index (χ2n) is 4.32. The molecule has 26 heavy (non-hydrogen) atoms. The molecule has 0 amide bonds. The normalized spacial score (nSPS) is 8.12. The molecule has 144 valence electrons. The van der Waals surface area contributed by atoms with Crippen molar-refractivity contribution < 1.29 is 0 Å². The summed E-state index contributed by atoms with van der Waals surface area (Å²) in [7, 11) is 0. The van der Waals surface area contributed by atoms with Crippen molar-refractivity contribution >= 4 is 63.4 Å². The van der Waals surface area contributed by atoms with Gasteiger partial charge in [0.15, 0.2) is 0 Å². The van der Waals surface area contributed by atoms with Gasteiger partial charge >= 0.3 is 0 Å². The van der Waals surface area contributed by atoms with Gasteiger partial charge in [-0.1, -0.05) is 56.8 Å². The van der Waals surface area contributed by atoms with Crippen molar-refractivity contribution in [1.82, 2.24) is 0 Å². The topological polar surface area (TPSA) is 75.8 Å². The van der Waals surface area contributed by atoms with E-state index in [1.165, 1.54) is 0 Å². The van der Waals surface area contributed by atoms with E-state index in [0.717, 1.165) is 11.1 Å². The number of nitrogen functional groups attached to an aromatic ring is 2. The van der Waals surface area contributed by atoms with Crippen LogP contribution >= 0.6 is 46.4 Å². The molecule has 0 saturated carbocycles. The van der Waals surface area contributed by atoms with Gasteiger partial charge in [-0.15, -0.1) is 23.2 Å². The van der Waals surface area contributed by atoms with Crippen LogP contribution in [0.4, 0.5) is 11.4 Å². The van der Waals surface area contributed by atoms with Gasteiger partial charge in [-0.2, -0.15) is 5.26 Å². The number of nitriles is 1. The summed E-state index contributed by atoms with van der Waals surface area (Å²) in [6.07, 6.45) is 0. The van der Waals surface area contributed by atoms with Crippen molar-refractivity contribution in [2.45, 2.75) is 14.9 Å². The highest BCUT2D eigenvalue weighted by molar-refractivity contribution is 6.31. The first kappa shape index (κ1) is 29.2. The van der Waals surface area contributed by atoms with E-state index < -0.39 is 0 Å². The van der Waals surface area contributed by atoms with E-state index in [9.17, 15) is 0 Å². The fourth-order valence-electron chi connectivity index (χ4n) is 1.43. The Hall–Kier alpha value is -1.57. The van der Waals surface area contributed by atoms with Crippen LogP contribution in [0, 0.1) is 11.3 Å². The molecule has 0 spiro atoms. The van der Waals surface area contributed by atoms with E-state index in [1.54, 1.807) is 36.4 Å². The monoisotopic (exact) mass is 435 g/mol. The number of hydrogen-bond acceptors (Lipinski definition) is 3. The Kier molecular flexibility index (Phi) is 19.0. The lowest BCUT2D eigenvalue weighted by molar-refractivity contribution is 1.49. The molecule has 0 unspecified atom stereocenters. The minimum atomic E-state index is 0. The summed E-state index contributed by atoms with van der Waals surface area (Å²) in [4.78, 5) is 0. The number of nitrogens with two attached hydrogens (primary N) is 2. The van der Waals surface area contributed by atoms with Gasteiger partial charge in [-0.05, 0) is 35.9 Å². The van der Waals surface area contributed by atoms with Crippen LogP contribution < -0.4 is 11.5 Å².